The molecule has 0 saturated heterocycles. The Labute approximate surface area is 103 Å². The summed E-state index contributed by atoms with van der Waals surface area (Å²) < 4.78 is 0. The predicted molar refractivity (Wildman–Crippen MR) is 72.1 cm³/mol. The van der Waals surface area contributed by atoms with Crippen LogP contribution in [-0.2, 0) is 6.54 Å². The fraction of sp³-hybridized carbons (Fsp3) is 0.538. The minimum absolute atomic E-state index is 0.236. The van der Waals surface area contributed by atoms with Gasteiger partial charge < -0.3 is 10.6 Å². The van der Waals surface area contributed by atoms with Crippen molar-refractivity contribution >= 4 is 17.3 Å². The molecule has 90 valence electrons. The fourth-order valence-electron chi connectivity index (χ4n) is 1.94. The summed E-state index contributed by atoms with van der Waals surface area (Å²) in [7, 11) is 2.06. The van der Waals surface area contributed by atoms with Gasteiger partial charge in [-0.3, -0.25) is 0 Å². The Morgan fingerprint density at radius 2 is 1.94 bits per heavy atom. The van der Waals surface area contributed by atoms with Crippen molar-refractivity contribution in [1.29, 1.82) is 0 Å². The third-order valence-corrected chi connectivity index (χ3v) is 2.69. The number of hydrogen-bond donors (Lipinski definition) is 1. The van der Waals surface area contributed by atoms with Crippen molar-refractivity contribution in [2.24, 2.45) is 11.1 Å². The number of halogens is 1. The van der Waals surface area contributed by atoms with Gasteiger partial charge >= 0.3 is 0 Å². The summed E-state index contributed by atoms with van der Waals surface area (Å²) in [6.07, 6.45) is 0. The highest BCUT2D eigenvalue weighted by molar-refractivity contribution is 6.33. The van der Waals surface area contributed by atoms with Crippen molar-refractivity contribution < 1.29 is 0 Å². The van der Waals surface area contributed by atoms with Crippen LogP contribution in [0.1, 0.15) is 26.3 Å². The van der Waals surface area contributed by atoms with Crippen molar-refractivity contribution in [3.8, 4) is 0 Å². The van der Waals surface area contributed by atoms with Crippen LogP contribution < -0.4 is 10.6 Å². The highest BCUT2D eigenvalue weighted by Gasteiger charge is 2.17. The number of nitrogens with two attached hydrogens (primary N) is 1. The monoisotopic (exact) mass is 240 g/mol. The van der Waals surface area contributed by atoms with Gasteiger partial charge in [-0.2, -0.15) is 0 Å². The zero-order chi connectivity index (χ0) is 12.3. The average molecular weight is 241 g/mol. The highest BCUT2D eigenvalue weighted by Crippen LogP contribution is 2.30. The molecule has 3 heteroatoms. The Hall–Kier alpha value is -0.730. The highest BCUT2D eigenvalue weighted by atomic mass is 35.5. The Balaban J connectivity index is 3.02. The fourth-order valence-corrected chi connectivity index (χ4v) is 2.28. The molecule has 1 aromatic carbocycles. The molecule has 0 saturated carbocycles. The van der Waals surface area contributed by atoms with Gasteiger partial charge in [-0.25, -0.2) is 0 Å². The van der Waals surface area contributed by atoms with Gasteiger partial charge in [-0.05, 0) is 17.0 Å². The lowest BCUT2D eigenvalue weighted by molar-refractivity contribution is 0.418. The van der Waals surface area contributed by atoms with E-state index in [1.807, 2.05) is 18.2 Å². The number of para-hydroxylation sites is 1. The van der Waals surface area contributed by atoms with Crippen molar-refractivity contribution in [3.63, 3.8) is 0 Å². The molecule has 0 aliphatic carbocycles. The molecule has 0 fully saturated rings. The van der Waals surface area contributed by atoms with E-state index in [4.69, 9.17) is 17.3 Å². The standard InChI is InChI=1S/C13H21ClN2/c1-13(2,3)9-16(4)12-10(8-15)6-5-7-11(12)14/h5-7H,8-9,15H2,1-4H3. The smallest absolute Gasteiger partial charge is 0.0642 e. The predicted octanol–water partition coefficient (Wildman–Crippen LogP) is 3.28. The Morgan fingerprint density at radius 3 is 2.44 bits per heavy atom. The van der Waals surface area contributed by atoms with Crippen LogP contribution in [0.4, 0.5) is 5.69 Å². The minimum atomic E-state index is 0.236. The van der Waals surface area contributed by atoms with Gasteiger partial charge in [0.05, 0.1) is 10.7 Å². The van der Waals surface area contributed by atoms with Crippen LogP contribution in [0.3, 0.4) is 0 Å². The normalized spacial score (nSPS) is 11.6. The lowest BCUT2D eigenvalue weighted by Crippen LogP contribution is -2.30. The summed E-state index contributed by atoms with van der Waals surface area (Å²) in [6.45, 7) is 8.10. The van der Waals surface area contributed by atoms with E-state index in [-0.39, 0.29) is 5.41 Å². The molecule has 2 N–H and O–H groups in total. The first kappa shape index (κ1) is 13.3. The quantitative estimate of drug-likeness (QED) is 0.879. The van der Waals surface area contributed by atoms with Crippen molar-refractivity contribution in [2.45, 2.75) is 27.3 Å². The van der Waals surface area contributed by atoms with Crippen LogP contribution in [-0.4, -0.2) is 13.6 Å². The summed E-state index contributed by atoms with van der Waals surface area (Å²) in [5.41, 5.74) is 8.13. The third-order valence-electron chi connectivity index (χ3n) is 2.38. The molecule has 1 rings (SSSR count). The second-order valence-corrected chi connectivity index (χ2v) is 5.78. The van der Waals surface area contributed by atoms with Crippen LogP contribution in [0, 0.1) is 5.41 Å². The van der Waals surface area contributed by atoms with Gasteiger partial charge in [0.15, 0.2) is 0 Å². The molecule has 0 aromatic heterocycles. The molecule has 0 unspecified atom stereocenters. The molecule has 0 heterocycles. The maximum absolute atomic E-state index is 6.23. The van der Waals surface area contributed by atoms with Gasteiger partial charge in [0.1, 0.15) is 0 Å². The number of anilines is 1. The summed E-state index contributed by atoms with van der Waals surface area (Å²) in [4.78, 5) is 2.19. The van der Waals surface area contributed by atoms with E-state index < -0.39 is 0 Å². The minimum Gasteiger partial charge on any atom is -0.373 e. The van der Waals surface area contributed by atoms with E-state index in [9.17, 15) is 0 Å². The molecule has 0 aliphatic heterocycles. The van der Waals surface area contributed by atoms with Gasteiger partial charge in [-0.15, -0.1) is 0 Å². The average Bonchev–Trinajstić information content (AvgIpc) is 2.14. The molecular weight excluding hydrogens is 220 g/mol. The molecule has 1 aromatic rings. The van der Waals surface area contributed by atoms with E-state index in [0.29, 0.717) is 6.54 Å². The Bertz CT molecular complexity index is 355. The van der Waals surface area contributed by atoms with Crippen molar-refractivity contribution in [1.82, 2.24) is 0 Å². The third kappa shape index (κ3) is 3.39. The number of rotatable bonds is 3. The summed E-state index contributed by atoms with van der Waals surface area (Å²) >= 11 is 6.23. The first-order valence-corrected chi connectivity index (χ1v) is 5.91. The summed E-state index contributed by atoms with van der Waals surface area (Å²) in [5.74, 6) is 0. The van der Waals surface area contributed by atoms with Crippen LogP contribution in [0.5, 0.6) is 0 Å². The number of hydrogen-bond acceptors (Lipinski definition) is 2. The van der Waals surface area contributed by atoms with Crippen LogP contribution in [0.15, 0.2) is 18.2 Å². The van der Waals surface area contributed by atoms with Crippen LogP contribution >= 0.6 is 11.6 Å². The topological polar surface area (TPSA) is 29.3 Å². The molecule has 0 aliphatic rings. The van der Waals surface area contributed by atoms with Crippen LogP contribution in [0.2, 0.25) is 5.02 Å². The largest absolute Gasteiger partial charge is 0.373 e. The molecule has 16 heavy (non-hydrogen) atoms. The zero-order valence-corrected chi connectivity index (χ0v) is 11.3. The summed E-state index contributed by atoms with van der Waals surface area (Å²) in [6, 6.07) is 5.88. The Kier molecular flexibility index (Phi) is 4.22. The molecule has 0 radical (unpaired) electrons. The van der Waals surface area contributed by atoms with Crippen molar-refractivity contribution in [2.75, 3.05) is 18.5 Å². The second kappa shape index (κ2) is 5.07. The van der Waals surface area contributed by atoms with Gasteiger partial charge in [-0.1, -0.05) is 44.5 Å². The van der Waals surface area contributed by atoms with E-state index in [1.54, 1.807) is 0 Å². The van der Waals surface area contributed by atoms with Crippen molar-refractivity contribution in [3.05, 3.63) is 28.8 Å². The molecule has 0 bridgehead atoms. The number of benzene rings is 1. The zero-order valence-electron chi connectivity index (χ0n) is 10.5. The lowest BCUT2D eigenvalue weighted by Gasteiger charge is -2.30. The number of nitrogens with zero attached hydrogens (tertiary/aromatic N) is 1. The second-order valence-electron chi connectivity index (χ2n) is 5.37. The van der Waals surface area contributed by atoms with E-state index in [2.05, 4.69) is 32.7 Å². The maximum Gasteiger partial charge on any atom is 0.0642 e. The van der Waals surface area contributed by atoms with E-state index >= 15 is 0 Å². The first-order chi connectivity index (χ1) is 7.35. The van der Waals surface area contributed by atoms with E-state index in [0.717, 1.165) is 22.8 Å². The summed E-state index contributed by atoms with van der Waals surface area (Å²) in [5, 5.41) is 0.773. The maximum atomic E-state index is 6.23. The Morgan fingerprint density at radius 1 is 1.31 bits per heavy atom. The first-order valence-electron chi connectivity index (χ1n) is 5.54. The van der Waals surface area contributed by atoms with Gasteiger partial charge in [0.2, 0.25) is 0 Å². The van der Waals surface area contributed by atoms with Gasteiger partial charge in [0.25, 0.3) is 0 Å². The molecule has 0 amide bonds. The van der Waals surface area contributed by atoms with Crippen LogP contribution in [0.25, 0.3) is 0 Å². The molecular formula is C13H21ClN2. The molecule has 2 nitrogen and oxygen atoms in total. The van der Waals surface area contributed by atoms with E-state index in [1.165, 1.54) is 0 Å². The SMILES string of the molecule is CN(CC(C)(C)C)c1c(Cl)cccc1CN. The molecule has 0 spiro atoms. The molecule has 0 atom stereocenters. The lowest BCUT2D eigenvalue weighted by atomic mass is 9.95. The van der Waals surface area contributed by atoms with Gasteiger partial charge in [0, 0.05) is 20.1 Å².